The van der Waals surface area contributed by atoms with Crippen molar-refractivity contribution < 1.29 is 13.6 Å². The highest BCUT2D eigenvalue weighted by Gasteiger charge is 2.25. The molecule has 2 aromatic carbocycles. The summed E-state index contributed by atoms with van der Waals surface area (Å²) in [5.41, 5.74) is 1.83. The Hall–Kier alpha value is -3.88. The highest BCUT2D eigenvalue weighted by molar-refractivity contribution is 5.94. The van der Waals surface area contributed by atoms with Gasteiger partial charge < -0.3 is 14.7 Å². The molecule has 1 fully saturated rings. The minimum absolute atomic E-state index is 0.145. The number of carbonyl (C=O) groups is 1. The van der Waals surface area contributed by atoms with Gasteiger partial charge >= 0.3 is 0 Å². The molecule has 2 aliphatic heterocycles. The Labute approximate surface area is 190 Å². The smallest absolute Gasteiger partial charge is 0.253 e. The van der Waals surface area contributed by atoms with Crippen molar-refractivity contribution in [3.05, 3.63) is 83.2 Å². The highest BCUT2D eigenvalue weighted by Crippen LogP contribution is 2.27. The molecule has 0 N–H and O–H groups in total. The Morgan fingerprint density at radius 2 is 1.73 bits per heavy atom. The summed E-state index contributed by atoms with van der Waals surface area (Å²) in [7, 11) is 0. The van der Waals surface area contributed by atoms with Crippen LogP contribution in [0.15, 0.2) is 59.9 Å². The Morgan fingerprint density at radius 1 is 0.939 bits per heavy atom. The van der Waals surface area contributed by atoms with Crippen molar-refractivity contribution in [3.63, 3.8) is 0 Å². The van der Waals surface area contributed by atoms with Crippen LogP contribution in [0.1, 0.15) is 21.5 Å². The molecule has 0 atom stereocenters. The largest absolute Gasteiger partial charge is 0.347 e. The summed E-state index contributed by atoms with van der Waals surface area (Å²) in [5.74, 6) is -0.280. The fourth-order valence-corrected chi connectivity index (χ4v) is 4.15. The minimum atomic E-state index is -0.412. The fourth-order valence-electron chi connectivity index (χ4n) is 4.15. The molecule has 3 heterocycles. The van der Waals surface area contributed by atoms with Gasteiger partial charge in [0.15, 0.2) is 0 Å². The summed E-state index contributed by atoms with van der Waals surface area (Å²) in [4.78, 5) is 31.4. The standard InChI is InChI=1S/C24H22F2N6O/c25-20-6-5-17(23(33)30-9-11-31(12-10-30)24-28-7-2-8-29-24)13-18(20)15-32-16-27-14-19-21(26)3-1-4-22(19)32/h1-8,13-14H,9-12,15-16H2. The lowest BCUT2D eigenvalue weighted by Crippen LogP contribution is -2.49. The van der Waals surface area contributed by atoms with Crippen LogP contribution in [0.3, 0.4) is 0 Å². The quantitative estimate of drug-likeness (QED) is 0.614. The zero-order valence-corrected chi connectivity index (χ0v) is 17.9. The predicted octanol–water partition coefficient (Wildman–Crippen LogP) is 3.11. The summed E-state index contributed by atoms with van der Waals surface area (Å²) in [6.07, 6.45) is 4.89. The lowest BCUT2D eigenvalue weighted by molar-refractivity contribution is 0.0746. The third kappa shape index (κ3) is 4.26. The Morgan fingerprint density at radius 3 is 2.52 bits per heavy atom. The van der Waals surface area contributed by atoms with E-state index >= 15 is 0 Å². The van der Waals surface area contributed by atoms with Crippen molar-refractivity contribution in [2.24, 2.45) is 4.99 Å². The number of hydrogen-bond donors (Lipinski definition) is 0. The van der Waals surface area contributed by atoms with Crippen molar-refractivity contribution in [1.29, 1.82) is 0 Å². The van der Waals surface area contributed by atoms with Crippen molar-refractivity contribution in [2.45, 2.75) is 6.54 Å². The van der Waals surface area contributed by atoms with Gasteiger partial charge in [0.1, 0.15) is 18.3 Å². The molecule has 1 amide bonds. The van der Waals surface area contributed by atoms with E-state index < -0.39 is 5.82 Å². The van der Waals surface area contributed by atoms with E-state index in [0.29, 0.717) is 54.5 Å². The van der Waals surface area contributed by atoms with Gasteiger partial charge in [-0.1, -0.05) is 6.07 Å². The first-order chi connectivity index (χ1) is 16.1. The van der Waals surface area contributed by atoms with Crippen LogP contribution in [0.4, 0.5) is 20.4 Å². The molecule has 0 bridgehead atoms. The lowest BCUT2D eigenvalue weighted by atomic mass is 10.1. The number of aliphatic imine (C=N–C) groups is 1. The molecular weight excluding hydrogens is 426 g/mol. The van der Waals surface area contributed by atoms with E-state index in [4.69, 9.17) is 0 Å². The van der Waals surface area contributed by atoms with E-state index in [1.807, 2.05) is 4.90 Å². The number of rotatable bonds is 4. The molecule has 9 heteroatoms. The van der Waals surface area contributed by atoms with E-state index in [0.717, 1.165) is 0 Å². The maximum atomic E-state index is 14.6. The average Bonchev–Trinajstić information content (AvgIpc) is 2.86. The first-order valence-corrected chi connectivity index (χ1v) is 10.7. The molecule has 7 nitrogen and oxygen atoms in total. The number of aromatic nitrogens is 2. The highest BCUT2D eigenvalue weighted by atomic mass is 19.1. The molecule has 0 saturated carbocycles. The zero-order chi connectivity index (χ0) is 22.8. The molecule has 1 aromatic heterocycles. The van der Waals surface area contributed by atoms with Gasteiger partial charge in [0, 0.05) is 62.5 Å². The molecule has 0 unspecified atom stereocenters. The second-order valence-electron chi connectivity index (χ2n) is 7.96. The molecule has 0 aliphatic carbocycles. The summed E-state index contributed by atoms with van der Waals surface area (Å²) >= 11 is 0. The Bertz CT molecular complexity index is 1190. The van der Waals surface area contributed by atoms with Gasteiger partial charge in [0.25, 0.3) is 5.91 Å². The number of benzene rings is 2. The van der Waals surface area contributed by atoms with Crippen LogP contribution in [0.25, 0.3) is 0 Å². The number of halogens is 2. The number of anilines is 2. The van der Waals surface area contributed by atoms with Crippen LogP contribution >= 0.6 is 0 Å². The van der Waals surface area contributed by atoms with Gasteiger partial charge in [-0.15, -0.1) is 0 Å². The van der Waals surface area contributed by atoms with E-state index in [2.05, 4.69) is 15.0 Å². The molecule has 1 saturated heterocycles. The van der Waals surface area contributed by atoms with E-state index in [1.54, 1.807) is 46.5 Å². The third-order valence-corrected chi connectivity index (χ3v) is 5.90. The lowest BCUT2D eigenvalue weighted by Gasteiger charge is -2.34. The van der Waals surface area contributed by atoms with Gasteiger partial charge in [-0.05, 0) is 36.4 Å². The van der Waals surface area contributed by atoms with Gasteiger partial charge in [0.2, 0.25) is 5.95 Å². The van der Waals surface area contributed by atoms with Crippen LogP contribution in [0.5, 0.6) is 0 Å². The van der Waals surface area contributed by atoms with Gasteiger partial charge in [0.05, 0.1) is 11.3 Å². The van der Waals surface area contributed by atoms with Crippen molar-refractivity contribution >= 4 is 23.8 Å². The van der Waals surface area contributed by atoms with Crippen molar-refractivity contribution in [1.82, 2.24) is 14.9 Å². The molecule has 0 spiro atoms. The van der Waals surface area contributed by atoms with Crippen molar-refractivity contribution in [3.8, 4) is 0 Å². The van der Waals surface area contributed by atoms with E-state index in [-0.39, 0.29) is 24.9 Å². The van der Waals surface area contributed by atoms with Gasteiger partial charge in [-0.25, -0.2) is 18.7 Å². The number of amides is 1. The maximum Gasteiger partial charge on any atom is 0.253 e. The average molecular weight is 448 g/mol. The normalized spacial score (nSPS) is 15.5. The first kappa shape index (κ1) is 21.0. The number of piperazine rings is 1. The number of fused-ring (bicyclic) bond motifs is 1. The molecule has 168 valence electrons. The Kier molecular flexibility index (Phi) is 5.68. The summed E-state index contributed by atoms with van der Waals surface area (Å²) in [6.45, 7) is 2.77. The maximum absolute atomic E-state index is 14.6. The van der Waals surface area contributed by atoms with E-state index in [9.17, 15) is 13.6 Å². The number of carbonyl (C=O) groups excluding carboxylic acids is 1. The molecule has 5 rings (SSSR count). The second-order valence-corrected chi connectivity index (χ2v) is 7.96. The minimum Gasteiger partial charge on any atom is -0.347 e. The van der Waals surface area contributed by atoms with Crippen LogP contribution in [0, 0.1) is 11.6 Å². The Balaban J connectivity index is 1.30. The van der Waals surface area contributed by atoms with Gasteiger partial charge in [-0.2, -0.15) is 0 Å². The molecular formula is C24H22F2N6O. The molecule has 3 aromatic rings. The van der Waals surface area contributed by atoms with Crippen LogP contribution in [-0.4, -0.2) is 59.8 Å². The monoisotopic (exact) mass is 448 g/mol. The number of hydrogen-bond acceptors (Lipinski definition) is 6. The fraction of sp³-hybridized carbons (Fsp3) is 0.250. The summed E-state index contributed by atoms with van der Waals surface area (Å²) in [6, 6.07) is 11.0. The van der Waals surface area contributed by atoms with Gasteiger partial charge in [-0.3, -0.25) is 9.79 Å². The summed E-state index contributed by atoms with van der Waals surface area (Å²) in [5, 5.41) is 0. The van der Waals surface area contributed by atoms with E-state index in [1.165, 1.54) is 24.4 Å². The zero-order valence-electron chi connectivity index (χ0n) is 17.9. The first-order valence-electron chi connectivity index (χ1n) is 10.7. The number of nitrogens with zero attached hydrogens (tertiary/aromatic N) is 6. The molecule has 2 aliphatic rings. The molecule has 33 heavy (non-hydrogen) atoms. The van der Waals surface area contributed by atoms with Crippen molar-refractivity contribution in [2.75, 3.05) is 42.6 Å². The summed E-state index contributed by atoms with van der Waals surface area (Å²) < 4.78 is 28.8. The third-order valence-electron chi connectivity index (χ3n) is 5.90. The van der Waals surface area contributed by atoms with Crippen LogP contribution in [-0.2, 0) is 6.54 Å². The predicted molar refractivity (Wildman–Crippen MR) is 122 cm³/mol. The second kappa shape index (κ2) is 8.93. The van der Waals surface area contributed by atoms with Crippen LogP contribution < -0.4 is 9.80 Å². The topological polar surface area (TPSA) is 64.9 Å². The molecule has 0 radical (unpaired) electrons. The van der Waals surface area contributed by atoms with Crippen LogP contribution in [0.2, 0.25) is 0 Å². The SMILES string of the molecule is O=C(c1ccc(F)c(CN2CN=Cc3c(F)cccc32)c1)N1CCN(c2ncccn2)CC1.